The molecule has 0 saturated heterocycles. The molecule has 4 nitrogen and oxygen atoms in total. The second-order valence-electron chi connectivity index (χ2n) is 4.21. The maximum absolute atomic E-state index is 6.27. The summed E-state index contributed by atoms with van der Waals surface area (Å²) in [5.74, 6) is 0.707. The predicted molar refractivity (Wildman–Crippen MR) is 76.4 cm³/mol. The van der Waals surface area contributed by atoms with Crippen molar-refractivity contribution < 1.29 is 4.74 Å². The fraction of sp³-hybridized carbons (Fsp3) is 0.143. The zero-order valence-electron chi connectivity index (χ0n) is 10.4. The zero-order valence-corrected chi connectivity index (χ0v) is 11.2. The molecule has 0 bridgehead atoms. The molecule has 0 aromatic carbocycles. The van der Waals surface area contributed by atoms with Gasteiger partial charge in [0.25, 0.3) is 0 Å². The number of thiophene rings is 1. The Morgan fingerprint density at radius 2 is 2.05 bits per heavy atom. The molecule has 0 fully saturated rings. The average molecular weight is 271 g/mol. The van der Waals surface area contributed by atoms with Gasteiger partial charge in [-0.15, -0.1) is 11.3 Å². The van der Waals surface area contributed by atoms with Crippen molar-refractivity contribution in [3.8, 4) is 5.75 Å². The van der Waals surface area contributed by atoms with Crippen LogP contribution in [-0.2, 0) is 0 Å². The molecule has 3 aromatic heterocycles. The number of hydrogen-bond donors (Lipinski definition) is 1. The smallest absolute Gasteiger partial charge is 0.137 e. The first-order valence-corrected chi connectivity index (χ1v) is 6.73. The van der Waals surface area contributed by atoms with Crippen LogP contribution in [0.4, 0.5) is 0 Å². The molecule has 0 aliphatic rings. The van der Waals surface area contributed by atoms with Crippen molar-refractivity contribution >= 4 is 21.6 Å². The van der Waals surface area contributed by atoms with E-state index >= 15 is 0 Å². The van der Waals surface area contributed by atoms with Crippen molar-refractivity contribution in [2.45, 2.75) is 6.04 Å². The van der Waals surface area contributed by atoms with Gasteiger partial charge in [0.1, 0.15) is 5.75 Å². The molecule has 0 radical (unpaired) electrons. The Balaban J connectivity index is 1.99. The molecule has 5 heteroatoms. The van der Waals surface area contributed by atoms with Gasteiger partial charge >= 0.3 is 0 Å². The number of nitrogens with two attached hydrogens (primary N) is 1. The van der Waals surface area contributed by atoms with Gasteiger partial charge < -0.3 is 10.5 Å². The fourth-order valence-electron chi connectivity index (χ4n) is 1.94. The Morgan fingerprint density at radius 1 is 1.21 bits per heavy atom. The van der Waals surface area contributed by atoms with E-state index in [1.165, 1.54) is 0 Å². The summed E-state index contributed by atoms with van der Waals surface area (Å²) in [5.41, 5.74) is 9.16. The SMILES string of the molecule is COc1cncc(C(N)c2cnc3ccsc3c2)c1. The van der Waals surface area contributed by atoms with Crippen molar-refractivity contribution in [3.63, 3.8) is 0 Å². The molecule has 3 rings (SSSR count). The van der Waals surface area contributed by atoms with Crippen LogP contribution in [0.1, 0.15) is 17.2 Å². The van der Waals surface area contributed by atoms with Crippen molar-refractivity contribution in [3.05, 3.63) is 53.3 Å². The molecular weight excluding hydrogens is 258 g/mol. The molecule has 1 unspecified atom stereocenters. The first-order chi connectivity index (χ1) is 9.28. The van der Waals surface area contributed by atoms with E-state index in [0.29, 0.717) is 5.75 Å². The highest BCUT2D eigenvalue weighted by molar-refractivity contribution is 7.17. The molecule has 0 amide bonds. The van der Waals surface area contributed by atoms with Gasteiger partial charge in [0.15, 0.2) is 0 Å². The number of methoxy groups -OCH3 is 1. The maximum atomic E-state index is 6.27. The van der Waals surface area contributed by atoms with E-state index in [9.17, 15) is 0 Å². The fourth-order valence-corrected chi connectivity index (χ4v) is 2.73. The van der Waals surface area contributed by atoms with Gasteiger partial charge in [-0.2, -0.15) is 0 Å². The van der Waals surface area contributed by atoms with Gasteiger partial charge in [-0.1, -0.05) is 0 Å². The summed E-state index contributed by atoms with van der Waals surface area (Å²) in [7, 11) is 1.62. The summed E-state index contributed by atoms with van der Waals surface area (Å²) < 4.78 is 6.31. The highest BCUT2D eigenvalue weighted by Gasteiger charge is 2.12. The molecule has 0 spiro atoms. The van der Waals surface area contributed by atoms with Gasteiger partial charge in [0, 0.05) is 12.4 Å². The van der Waals surface area contributed by atoms with Crippen LogP contribution in [0.2, 0.25) is 0 Å². The topological polar surface area (TPSA) is 61.0 Å². The molecule has 3 aromatic rings. The molecule has 1 atom stereocenters. The van der Waals surface area contributed by atoms with Crippen LogP contribution in [0.3, 0.4) is 0 Å². The minimum Gasteiger partial charge on any atom is -0.495 e. The standard InChI is InChI=1S/C14H13N3OS/c1-18-11-4-9(6-16-8-11)14(15)10-5-13-12(17-7-10)2-3-19-13/h2-8,14H,15H2,1H3. The third-order valence-corrected chi connectivity index (χ3v) is 3.87. The summed E-state index contributed by atoms with van der Waals surface area (Å²) >= 11 is 1.66. The summed E-state index contributed by atoms with van der Waals surface area (Å²) in [4.78, 5) is 8.54. The van der Waals surface area contributed by atoms with Crippen LogP contribution >= 0.6 is 11.3 Å². The lowest BCUT2D eigenvalue weighted by molar-refractivity contribution is 0.412. The first kappa shape index (κ1) is 12.1. The van der Waals surface area contributed by atoms with E-state index in [2.05, 4.69) is 16.0 Å². The molecule has 19 heavy (non-hydrogen) atoms. The van der Waals surface area contributed by atoms with Crippen LogP contribution in [0, 0.1) is 0 Å². The third kappa shape index (κ3) is 2.30. The number of hydrogen-bond acceptors (Lipinski definition) is 5. The largest absolute Gasteiger partial charge is 0.495 e. The average Bonchev–Trinajstić information content (AvgIpc) is 2.94. The summed E-state index contributed by atoms with van der Waals surface area (Å²) in [6.07, 6.45) is 5.24. The zero-order chi connectivity index (χ0) is 13.2. The highest BCUT2D eigenvalue weighted by Crippen LogP contribution is 2.26. The van der Waals surface area contributed by atoms with Crippen molar-refractivity contribution in [1.29, 1.82) is 0 Å². The van der Waals surface area contributed by atoms with Crippen molar-refractivity contribution in [1.82, 2.24) is 9.97 Å². The van der Waals surface area contributed by atoms with E-state index in [1.807, 2.05) is 23.7 Å². The lowest BCUT2D eigenvalue weighted by Gasteiger charge is -2.12. The quantitative estimate of drug-likeness (QED) is 0.795. The second-order valence-corrected chi connectivity index (χ2v) is 5.16. The Hall–Kier alpha value is -1.98. The van der Waals surface area contributed by atoms with Gasteiger partial charge in [0.05, 0.1) is 29.6 Å². The number of ether oxygens (including phenoxy) is 1. The molecular formula is C14H13N3OS. The number of aromatic nitrogens is 2. The maximum Gasteiger partial charge on any atom is 0.137 e. The third-order valence-electron chi connectivity index (χ3n) is 3.01. The summed E-state index contributed by atoms with van der Waals surface area (Å²) in [6, 6.07) is 5.73. The first-order valence-electron chi connectivity index (χ1n) is 5.85. The normalized spacial score (nSPS) is 12.5. The number of pyridine rings is 2. The van der Waals surface area contributed by atoms with Gasteiger partial charge in [-0.05, 0) is 34.7 Å². The van der Waals surface area contributed by atoms with E-state index < -0.39 is 0 Å². The molecule has 0 aliphatic carbocycles. The van der Waals surface area contributed by atoms with Crippen LogP contribution in [-0.4, -0.2) is 17.1 Å². The van der Waals surface area contributed by atoms with Crippen molar-refractivity contribution in [2.75, 3.05) is 7.11 Å². The van der Waals surface area contributed by atoms with Gasteiger partial charge in [-0.3, -0.25) is 9.97 Å². The molecule has 0 saturated carbocycles. The highest BCUT2D eigenvalue weighted by atomic mass is 32.1. The van der Waals surface area contributed by atoms with Gasteiger partial charge in [-0.25, -0.2) is 0 Å². The second kappa shape index (κ2) is 4.95. The van der Waals surface area contributed by atoms with Gasteiger partial charge in [0.2, 0.25) is 0 Å². The minimum absolute atomic E-state index is 0.249. The van der Waals surface area contributed by atoms with E-state index in [-0.39, 0.29) is 6.04 Å². The number of nitrogens with zero attached hydrogens (tertiary/aromatic N) is 2. The molecule has 3 heterocycles. The number of fused-ring (bicyclic) bond motifs is 1. The lowest BCUT2D eigenvalue weighted by Crippen LogP contribution is -2.12. The monoisotopic (exact) mass is 271 g/mol. The Morgan fingerprint density at radius 3 is 2.89 bits per heavy atom. The predicted octanol–water partition coefficient (Wildman–Crippen LogP) is 2.75. The van der Waals surface area contributed by atoms with E-state index in [0.717, 1.165) is 21.3 Å². The molecule has 2 N–H and O–H groups in total. The Bertz CT molecular complexity index is 710. The summed E-state index contributed by atoms with van der Waals surface area (Å²) in [6.45, 7) is 0. The Kier molecular flexibility index (Phi) is 3.15. The molecule has 0 aliphatic heterocycles. The van der Waals surface area contributed by atoms with Crippen molar-refractivity contribution in [2.24, 2.45) is 5.73 Å². The minimum atomic E-state index is -0.249. The van der Waals surface area contributed by atoms with Crippen LogP contribution in [0.15, 0.2) is 42.2 Å². The van der Waals surface area contributed by atoms with Crippen LogP contribution < -0.4 is 10.5 Å². The van der Waals surface area contributed by atoms with E-state index in [1.54, 1.807) is 30.8 Å². The van der Waals surface area contributed by atoms with Crippen LogP contribution in [0.5, 0.6) is 5.75 Å². The number of rotatable bonds is 3. The molecule has 96 valence electrons. The Labute approximate surface area is 114 Å². The summed E-state index contributed by atoms with van der Waals surface area (Å²) in [5, 5.41) is 2.03. The van der Waals surface area contributed by atoms with Crippen LogP contribution in [0.25, 0.3) is 10.2 Å². The van der Waals surface area contributed by atoms with E-state index in [4.69, 9.17) is 10.5 Å². The lowest BCUT2D eigenvalue weighted by atomic mass is 10.0.